The number of rotatable bonds is 10. The molecule has 0 saturated carbocycles. The van der Waals surface area contributed by atoms with E-state index >= 15 is 0 Å². The van der Waals surface area contributed by atoms with Gasteiger partial charge in [-0.05, 0) is 78.9 Å². The maximum atomic E-state index is 13.8. The first-order chi connectivity index (χ1) is 18.2. The third-order valence-corrected chi connectivity index (χ3v) is 6.14. The van der Waals surface area contributed by atoms with Gasteiger partial charge in [-0.1, -0.05) is 24.3 Å². The molecule has 196 valence electrons. The van der Waals surface area contributed by atoms with Crippen LogP contribution in [0.4, 0.5) is 10.2 Å². The quantitative estimate of drug-likeness (QED) is 0.291. The minimum absolute atomic E-state index is 0.0824. The monoisotopic (exact) mass is 516 g/mol. The molecule has 3 N–H and O–H groups in total. The molecule has 0 fully saturated rings. The van der Waals surface area contributed by atoms with E-state index in [9.17, 15) is 19.1 Å². The van der Waals surface area contributed by atoms with Gasteiger partial charge in [-0.15, -0.1) is 5.10 Å². The highest BCUT2D eigenvalue weighted by Crippen LogP contribution is 2.18. The van der Waals surface area contributed by atoms with Crippen LogP contribution in [0.1, 0.15) is 45.2 Å². The molecule has 0 radical (unpaired) electrons. The Morgan fingerprint density at radius 2 is 1.87 bits per heavy atom. The maximum absolute atomic E-state index is 13.8. The minimum Gasteiger partial charge on any atom is -0.480 e. The van der Waals surface area contributed by atoms with Gasteiger partial charge in [0.25, 0.3) is 5.91 Å². The van der Waals surface area contributed by atoms with Crippen molar-refractivity contribution in [3.05, 3.63) is 100 Å². The summed E-state index contributed by atoms with van der Waals surface area (Å²) < 4.78 is 15.4. The van der Waals surface area contributed by atoms with E-state index in [2.05, 4.69) is 25.9 Å². The number of carbonyl (C=O) groups excluding carboxylic acids is 1. The first kappa shape index (κ1) is 26.5. The van der Waals surface area contributed by atoms with E-state index in [0.29, 0.717) is 29.7 Å². The second-order valence-electron chi connectivity index (χ2n) is 9.07. The lowest BCUT2D eigenvalue weighted by atomic mass is 9.98. The van der Waals surface area contributed by atoms with Gasteiger partial charge in [0, 0.05) is 18.2 Å². The standard InChI is InChI=1S/C28H29FN6O3/c1-4-20-14-21(29)12-18(3)26(20)27(36)32-24(28(37)38)13-19-5-7-23(8-6-19)35-16-22(33-34-35)15-31-25-11-17(2)9-10-30-25/h5-12,14,16,24H,4,13,15H2,1-3H3,(H,30,31)(H,32,36)(H,37,38). The minimum atomic E-state index is -1.16. The number of carboxylic acid groups (broad SMARTS) is 1. The number of amides is 1. The molecule has 0 saturated heterocycles. The summed E-state index contributed by atoms with van der Waals surface area (Å²) in [5.74, 6) is -1.36. The molecule has 0 aliphatic rings. The summed E-state index contributed by atoms with van der Waals surface area (Å²) in [5.41, 5.74) is 4.62. The average Bonchev–Trinajstić information content (AvgIpc) is 3.36. The van der Waals surface area contributed by atoms with Crippen LogP contribution >= 0.6 is 0 Å². The van der Waals surface area contributed by atoms with Gasteiger partial charge in [0.05, 0.1) is 18.4 Å². The van der Waals surface area contributed by atoms with E-state index in [-0.39, 0.29) is 6.42 Å². The summed E-state index contributed by atoms with van der Waals surface area (Å²) in [4.78, 5) is 29.1. The lowest BCUT2D eigenvalue weighted by Crippen LogP contribution is -2.42. The number of aliphatic carboxylic acids is 1. The fourth-order valence-corrected chi connectivity index (χ4v) is 4.19. The van der Waals surface area contributed by atoms with Gasteiger partial charge in [0.15, 0.2) is 0 Å². The third-order valence-electron chi connectivity index (χ3n) is 6.14. The largest absolute Gasteiger partial charge is 0.480 e. The van der Waals surface area contributed by atoms with Crippen LogP contribution in [0.15, 0.2) is 60.9 Å². The van der Waals surface area contributed by atoms with Crippen LogP contribution in [0, 0.1) is 19.7 Å². The second kappa shape index (κ2) is 11.6. The van der Waals surface area contributed by atoms with Gasteiger partial charge >= 0.3 is 5.97 Å². The van der Waals surface area contributed by atoms with Gasteiger partial charge in [-0.25, -0.2) is 18.9 Å². The first-order valence-corrected chi connectivity index (χ1v) is 12.2. The number of anilines is 1. The highest BCUT2D eigenvalue weighted by molar-refractivity contribution is 5.99. The van der Waals surface area contributed by atoms with Crippen LogP contribution in [0.2, 0.25) is 0 Å². The van der Waals surface area contributed by atoms with Crippen LogP contribution in [0.25, 0.3) is 5.69 Å². The van der Waals surface area contributed by atoms with Crippen molar-refractivity contribution in [1.82, 2.24) is 25.3 Å². The fourth-order valence-electron chi connectivity index (χ4n) is 4.19. The van der Waals surface area contributed by atoms with E-state index in [4.69, 9.17) is 0 Å². The maximum Gasteiger partial charge on any atom is 0.326 e. The van der Waals surface area contributed by atoms with Gasteiger partial charge in [0.1, 0.15) is 23.4 Å². The van der Waals surface area contributed by atoms with E-state index in [1.54, 1.807) is 36.1 Å². The Balaban J connectivity index is 1.41. The molecular weight excluding hydrogens is 487 g/mol. The summed E-state index contributed by atoms with van der Waals surface area (Å²) in [7, 11) is 0. The number of carbonyl (C=O) groups is 2. The lowest BCUT2D eigenvalue weighted by molar-refractivity contribution is -0.139. The zero-order valence-electron chi connectivity index (χ0n) is 21.4. The van der Waals surface area contributed by atoms with Gasteiger partial charge < -0.3 is 15.7 Å². The van der Waals surface area contributed by atoms with Crippen molar-refractivity contribution in [3.8, 4) is 5.69 Å². The molecule has 10 heteroatoms. The van der Waals surface area contributed by atoms with E-state index < -0.39 is 23.7 Å². The Morgan fingerprint density at radius 1 is 1.11 bits per heavy atom. The zero-order valence-corrected chi connectivity index (χ0v) is 21.4. The molecule has 9 nitrogen and oxygen atoms in total. The summed E-state index contributed by atoms with van der Waals surface area (Å²) in [6.07, 6.45) is 4.07. The number of nitrogens with one attached hydrogen (secondary N) is 2. The molecule has 0 spiro atoms. The van der Waals surface area contributed by atoms with Crippen LogP contribution in [0.5, 0.6) is 0 Å². The van der Waals surface area contributed by atoms with Crippen LogP contribution in [-0.4, -0.2) is 43.0 Å². The highest BCUT2D eigenvalue weighted by Gasteiger charge is 2.24. The molecule has 1 amide bonds. The summed E-state index contributed by atoms with van der Waals surface area (Å²) in [5, 5.41) is 23.9. The van der Waals surface area contributed by atoms with Crippen LogP contribution in [0.3, 0.4) is 0 Å². The zero-order chi connectivity index (χ0) is 27.2. The van der Waals surface area contributed by atoms with Crippen molar-refractivity contribution < 1.29 is 19.1 Å². The predicted molar refractivity (Wildman–Crippen MR) is 141 cm³/mol. The van der Waals surface area contributed by atoms with E-state index in [1.807, 2.05) is 38.1 Å². The number of carboxylic acids is 1. The molecule has 1 atom stereocenters. The van der Waals surface area contributed by atoms with Crippen molar-refractivity contribution in [2.75, 3.05) is 5.32 Å². The summed E-state index contributed by atoms with van der Waals surface area (Å²) in [6, 6.07) is 12.5. The molecular formula is C28H29FN6O3. The SMILES string of the molecule is CCc1cc(F)cc(C)c1C(=O)NC(Cc1ccc(-n2cc(CNc3cc(C)ccn3)nn2)cc1)C(=O)O. The van der Waals surface area contributed by atoms with E-state index in [0.717, 1.165) is 28.3 Å². The third kappa shape index (κ3) is 6.39. The Bertz CT molecular complexity index is 1450. The van der Waals surface area contributed by atoms with Crippen LogP contribution in [-0.2, 0) is 24.2 Å². The predicted octanol–water partition coefficient (Wildman–Crippen LogP) is 4.02. The Kier molecular flexibility index (Phi) is 8.10. The number of halogens is 1. The van der Waals surface area contributed by atoms with Crippen LogP contribution < -0.4 is 10.6 Å². The fraction of sp³-hybridized carbons (Fsp3) is 0.250. The smallest absolute Gasteiger partial charge is 0.326 e. The second-order valence-corrected chi connectivity index (χ2v) is 9.07. The number of hydrogen-bond acceptors (Lipinski definition) is 6. The number of hydrogen-bond donors (Lipinski definition) is 3. The molecule has 1 unspecified atom stereocenters. The molecule has 0 bridgehead atoms. The van der Waals surface area contributed by atoms with Crippen molar-refractivity contribution in [2.24, 2.45) is 0 Å². The van der Waals surface area contributed by atoms with Gasteiger partial charge in [-0.2, -0.15) is 0 Å². The molecule has 4 rings (SSSR count). The lowest BCUT2D eigenvalue weighted by Gasteiger charge is -2.17. The molecule has 2 aromatic heterocycles. The molecule has 2 aromatic carbocycles. The summed E-state index contributed by atoms with van der Waals surface area (Å²) in [6.45, 7) is 5.91. The van der Waals surface area contributed by atoms with Crippen molar-refractivity contribution >= 4 is 17.7 Å². The van der Waals surface area contributed by atoms with E-state index in [1.165, 1.54) is 12.1 Å². The number of nitrogens with zero attached hydrogens (tertiary/aromatic N) is 4. The first-order valence-electron chi connectivity index (χ1n) is 12.2. The topological polar surface area (TPSA) is 122 Å². The number of aromatic nitrogens is 4. The summed E-state index contributed by atoms with van der Waals surface area (Å²) >= 11 is 0. The Labute approximate surface area is 219 Å². The number of pyridine rings is 1. The van der Waals surface area contributed by atoms with Gasteiger partial charge in [-0.3, -0.25) is 4.79 Å². The van der Waals surface area contributed by atoms with Crippen molar-refractivity contribution in [2.45, 2.75) is 46.2 Å². The molecule has 0 aliphatic carbocycles. The molecule has 0 aliphatic heterocycles. The molecule has 4 aromatic rings. The number of benzene rings is 2. The van der Waals surface area contributed by atoms with Gasteiger partial charge in [0.2, 0.25) is 0 Å². The molecule has 38 heavy (non-hydrogen) atoms. The van der Waals surface area contributed by atoms with Crippen molar-refractivity contribution in [1.29, 1.82) is 0 Å². The highest BCUT2D eigenvalue weighted by atomic mass is 19.1. The van der Waals surface area contributed by atoms with Crippen molar-refractivity contribution in [3.63, 3.8) is 0 Å². The Hall–Kier alpha value is -4.60. The molecule has 2 heterocycles. The normalized spacial score (nSPS) is 11.7. The number of aryl methyl sites for hydroxylation is 3. The Morgan fingerprint density at radius 3 is 2.55 bits per heavy atom. The average molecular weight is 517 g/mol.